The molecule has 0 saturated carbocycles. The Bertz CT molecular complexity index is 374. The van der Waals surface area contributed by atoms with E-state index in [-0.39, 0.29) is 12.4 Å². The average molecular weight is 209 g/mol. The molecule has 0 aliphatic heterocycles. The summed E-state index contributed by atoms with van der Waals surface area (Å²) in [5.41, 5.74) is 8.07. The van der Waals surface area contributed by atoms with Gasteiger partial charge in [-0.2, -0.15) is 0 Å². The predicted octanol–water partition coefficient (Wildman–Crippen LogP) is 1.30. The molecule has 0 spiro atoms. The number of nitrogens with two attached hydrogens (primary N) is 1. The molecule has 4 heteroatoms. The normalized spacial score (nSPS) is 9.80. The molecule has 0 heterocycles. The third-order valence-electron chi connectivity index (χ3n) is 2.34. The number of esters is 1. The van der Waals surface area contributed by atoms with Gasteiger partial charge in [0.05, 0.1) is 20.6 Å². The molecule has 1 aromatic rings. The van der Waals surface area contributed by atoms with Gasteiger partial charge in [-0.25, -0.2) is 0 Å². The summed E-state index contributed by atoms with van der Waals surface area (Å²) in [6, 6.07) is 3.57. The van der Waals surface area contributed by atoms with E-state index in [9.17, 15) is 4.79 Å². The first-order valence-corrected chi connectivity index (χ1v) is 4.59. The molecular weight excluding hydrogens is 194 g/mol. The number of carbonyl (C=O) groups is 1. The molecule has 1 rings (SSSR count). The van der Waals surface area contributed by atoms with Crippen molar-refractivity contribution in [3.8, 4) is 5.75 Å². The maximum Gasteiger partial charge on any atom is 0.310 e. The number of methoxy groups -OCH3 is 2. The number of carbonyl (C=O) groups excluding carboxylic acids is 1. The highest BCUT2D eigenvalue weighted by molar-refractivity contribution is 5.76. The fraction of sp³-hybridized carbons (Fsp3) is 0.364. The molecule has 0 bridgehead atoms. The molecule has 0 radical (unpaired) electrons. The van der Waals surface area contributed by atoms with Crippen LogP contribution in [0.4, 0.5) is 5.69 Å². The van der Waals surface area contributed by atoms with Crippen LogP contribution in [-0.4, -0.2) is 20.2 Å². The Morgan fingerprint density at radius 1 is 1.40 bits per heavy atom. The molecule has 1 aromatic carbocycles. The van der Waals surface area contributed by atoms with Crippen LogP contribution in [-0.2, 0) is 16.0 Å². The number of nitrogen functional groups attached to an aromatic ring is 1. The lowest BCUT2D eigenvalue weighted by Crippen LogP contribution is -2.08. The Labute approximate surface area is 89.0 Å². The zero-order valence-corrected chi connectivity index (χ0v) is 9.16. The van der Waals surface area contributed by atoms with E-state index in [2.05, 4.69) is 4.74 Å². The molecule has 0 atom stereocenters. The Hall–Kier alpha value is -1.71. The van der Waals surface area contributed by atoms with E-state index in [0.29, 0.717) is 5.69 Å². The van der Waals surface area contributed by atoms with Gasteiger partial charge >= 0.3 is 5.97 Å². The van der Waals surface area contributed by atoms with Gasteiger partial charge in [0.2, 0.25) is 0 Å². The van der Waals surface area contributed by atoms with E-state index in [1.54, 1.807) is 19.2 Å². The number of benzene rings is 1. The smallest absolute Gasteiger partial charge is 0.310 e. The Morgan fingerprint density at radius 3 is 2.60 bits per heavy atom. The summed E-state index contributed by atoms with van der Waals surface area (Å²) in [6.45, 7) is 1.86. The molecule has 0 unspecified atom stereocenters. The highest BCUT2D eigenvalue weighted by Gasteiger charge is 2.10. The molecule has 15 heavy (non-hydrogen) atoms. The van der Waals surface area contributed by atoms with Crippen molar-refractivity contribution in [1.82, 2.24) is 0 Å². The molecule has 0 amide bonds. The fourth-order valence-electron chi connectivity index (χ4n) is 1.37. The first-order chi connectivity index (χ1) is 7.10. The van der Waals surface area contributed by atoms with Crippen LogP contribution in [0.5, 0.6) is 5.75 Å². The van der Waals surface area contributed by atoms with Gasteiger partial charge in [-0.15, -0.1) is 0 Å². The first-order valence-electron chi connectivity index (χ1n) is 4.59. The molecular formula is C11H15NO3. The summed E-state index contributed by atoms with van der Waals surface area (Å²) in [6.07, 6.45) is 0.188. The summed E-state index contributed by atoms with van der Waals surface area (Å²) < 4.78 is 9.70. The van der Waals surface area contributed by atoms with Crippen molar-refractivity contribution in [2.24, 2.45) is 0 Å². The summed E-state index contributed by atoms with van der Waals surface area (Å²) in [7, 11) is 2.94. The number of hydrogen-bond acceptors (Lipinski definition) is 4. The molecule has 0 fully saturated rings. The maximum absolute atomic E-state index is 11.1. The van der Waals surface area contributed by atoms with E-state index in [1.165, 1.54) is 7.11 Å². The average Bonchev–Trinajstić information content (AvgIpc) is 2.25. The van der Waals surface area contributed by atoms with Gasteiger partial charge in [0, 0.05) is 11.3 Å². The monoisotopic (exact) mass is 209 g/mol. The van der Waals surface area contributed by atoms with E-state index < -0.39 is 0 Å². The summed E-state index contributed by atoms with van der Waals surface area (Å²) in [5.74, 6) is 0.424. The Kier molecular flexibility index (Phi) is 3.55. The van der Waals surface area contributed by atoms with Crippen LogP contribution < -0.4 is 10.5 Å². The standard InChI is InChI=1S/C11H15NO3/c1-7-9(14-2)5-4-8(11(7)12)6-10(13)15-3/h4-5H,6,12H2,1-3H3. The number of hydrogen-bond donors (Lipinski definition) is 1. The third kappa shape index (κ3) is 2.40. The summed E-state index contributed by atoms with van der Waals surface area (Å²) in [5, 5.41) is 0. The Balaban J connectivity index is 3.01. The van der Waals surface area contributed by atoms with Crippen LogP contribution >= 0.6 is 0 Å². The third-order valence-corrected chi connectivity index (χ3v) is 2.34. The quantitative estimate of drug-likeness (QED) is 0.602. The van der Waals surface area contributed by atoms with Crippen molar-refractivity contribution in [3.63, 3.8) is 0 Å². The summed E-state index contributed by atoms with van der Waals surface area (Å²) >= 11 is 0. The second-order valence-corrected chi connectivity index (χ2v) is 3.22. The minimum absolute atomic E-state index is 0.188. The lowest BCUT2D eigenvalue weighted by Gasteiger charge is -2.11. The van der Waals surface area contributed by atoms with Crippen LogP contribution in [0.25, 0.3) is 0 Å². The van der Waals surface area contributed by atoms with Crippen molar-refractivity contribution in [2.45, 2.75) is 13.3 Å². The highest BCUT2D eigenvalue weighted by Crippen LogP contribution is 2.26. The van der Waals surface area contributed by atoms with Crippen molar-refractivity contribution in [2.75, 3.05) is 20.0 Å². The van der Waals surface area contributed by atoms with Gasteiger partial charge in [0.1, 0.15) is 5.75 Å². The second-order valence-electron chi connectivity index (χ2n) is 3.22. The van der Waals surface area contributed by atoms with Crippen LogP contribution in [0.15, 0.2) is 12.1 Å². The van der Waals surface area contributed by atoms with E-state index >= 15 is 0 Å². The second kappa shape index (κ2) is 4.68. The van der Waals surface area contributed by atoms with Gasteiger partial charge in [0.25, 0.3) is 0 Å². The van der Waals surface area contributed by atoms with Gasteiger partial charge in [0.15, 0.2) is 0 Å². The summed E-state index contributed by atoms with van der Waals surface area (Å²) in [4.78, 5) is 11.1. The molecule has 0 aliphatic carbocycles. The zero-order valence-electron chi connectivity index (χ0n) is 9.16. The Morgan fingerprint density at radius 2 is 2.07 bits per heavy atom. The molecule has 4 nitrogen and oxygen atoms in total. The number of anilines is 1. The molecule has 0 aliphatic rings. The molecule has 0 aromatic heterocycles. The largest absolute Gasteiger partial charge is 0.496 e. The minimum atomic E-state index is -0.300. The van der Waals surface area contributed by atoms with Gasteiger partial charge in [-0.1, -0.05) is 6.07 Å². The van der Waals surface area contributed by atoms with Crippen LogP contribution in [0.3, 0.4) is 0 Å². The van der Waals surface area contributed by atoms with Gasteiger partial charge in [-0.3, -0.25) is 4.79 Å². The zero-order chi connectivity index (χ0) is 11.4. The van der Waals surface area contributed by atoms with Crippen molar-refractivity contribution < 1.29 is 14.3 Å². The van der Waals surface area contributed by atoms with Gasteiger partial charge < -0.3 is 15.2 Å². The van der Waals surface area contributed by atoms with Crippen molar-refractivity contribution >= 4 is 11.7 Å². The minimum Gasteiger partial charge on any atom is -0.496 e. The number of ether oxygens (including phenoxy) is 2. The lowest BCUT2D eigenvalue weighted by atomic mass is 10.0. The number of rotatable bonds is 3. The van der Waals surface area contributed by atoms with Crippen LogP contribution in [0, 0.1) is 6.92 Å². The highest BCUT2D eigenvalue weighted by atomic mass is 16.5. The van der Waals surface area contributed by atoms with Gasteiger partial charge in [-0.05, 0) is 18.6 Å². The maximum atomic E-state index is 11.1. The van der Waals surface area contributed by atoms with Crippen LogP contribution in [0.1, 0.15) is 11.1 Å². The molecule has 0 saturated heterocycles. The SMILES string of the molecule is COC(=O)Cc1ccc(OC)c(C)c1N. The molecule has 2 N–H and O–H groups in total. The predicted molar refractivity (Wildman–Crippen MR) is 57.9 cm³/mol. The van der Waals surface area contributed by atoms with E-state index in [0.717, 1.165) is 16.9 Å². The van der Waals surface area contributed by atoms with Crippen molar-refractivity contribution in [1.29, 1.82) is 0 Å². The topological polar surface area (TPSA) is 61.5 Å². The molecule has 82 valence electrons. The first kappa shape index (κ1) is 11.4. The van der Waals surface area contributed by atoms with E-state index in [4.69, 9.17) is 10.5 Å². The van der Waals surface area contributed by atoms with E-state index in [1.807, 2.05) is 6.92 Å². The lowest BCUT2D eigenvalue weighted by molar-refractivity contribution is -0.139. The van der Waals surface area contributed by atoms with Crippen LogP contribution in [0.2, 0.25) is 0 Å². The van der Waals surface area contributed by atoms with Crippen molar-refractivity contribution in [3.05, 3.63) is 23.3 Å². The fourth-order valence-corrected chi connectivity index (χ4v) is 1.37.